The van der Waals surface area contributed by atoms with E-state index in [1.165, 1.54) is 17.2 Å². The molecule has 1 rings (SSSR count). The van der Waals surface area contributed by atoms with E-state index in [0.717, 1.165) is 0 Å². The van der Waals surface area contributed by atoms with Crippen molar-refractivity contribution in [3.05, 3.63) is 17.2 Å². The molecule has 1 radical (unpaired) electrons. The van der Waals surface area contributed by atoms with E-state index in [2.05, 4.69) is 57.6 Å². The second-order valence-corrected chi connectivity index (χ2v) is 3.81. The van der Waals surface area contributed by atoms with Crippen LogP contribution in [0.15, 0.2) is 0 Å². The highest BCUT2D eigenvalue weighted by molar-refractivity contribution is 6.54. The lowest BCUT2D eigenvalue weighted by atomic mass is 9.67. The molecule has 0 aliphatic carbocycles. The lowest BCUT2D eigenvalue weighted by Gasteiger charge is -2.01. The third-order valence-corrected chi connectivity index (χ3v) is 2.72. The third-order valence-electron chi connectivity index (χ3n) is 2.72. The van der Waals surface area contributed by atoms with Crippen molar-refractivity contribution in [3.63, 3.8) is 0 Å². The van der Waals surface area contributed by atoms with Gasteiger partial charge in [-0.3, -0.25) is 8.96 Å². The van der Waals surface area contributed by atoms with E-state index in [1.807, 2.05) is 0 Å². The number of imidazole rings is 1. The maximum atomic E-state index is 2.37. The molecule has 13 heavy (non-hydrogen) atoms. The van der Waals surface area contributed by atoms with Crippen molar-refractivity contribution in [2.45, 2.75) is 41.2 Å². The van der Waals surface area contributed by atoms with E-state index >= 15 is 0 Å². The van der Waals surface area contributed by atoms with Crippen LogP contribution in [-0.2, 0) is 0 Å². The Bertz CT molecular complexity index is 316. The Morgan fingerprint density at radius 3 is 2.00 bits per heavy atom. The standard InChI is InChI=1S/C9H18B2N2/c1-7-8(2)13(11(5)6)9(3)12(7)10-4/h1-6H3/q+1. The normalized spacial score (nSPS) is 10.3. The maximum Gasteiger partial charge on any atom is 0.394 e. The summed E-state index contributed by atoms with van der Waals surface area (Å²) in [5.41, 5.74) is 2.71. The first-order chi connectivity index (χ1) is 6.00. The number of aromatic nitrogens is 2. The Labute approximate surface area is 82.3 Å². The molecule has 0 saturated carbocycles. The highest BCUT2D eigenvalue weighted by Crippen LogP contribution is 2.07. The monoisotopic (exact) mass is 176 g/mol. The van der Waals surface area contributed by atoms with E-state index in [0.29, 0.717) is 6.85 Å². The number of nitrogens with zero attached hydrogens (tertiary/aromatic N) is 2. The maximum absolute atomic E-state index is 2.37. The lowest BCUT2D eigenvalue weighted by Crippen LogP contribution is -2.43. The van der Waals surface area contributed by atoms with E-state index in [1.54, 1.807) is 0 Å². The zero-order chi connectivity index (χ0) is 10.2. The van der Waals surface area contributed by atoms with E-state index in [-0.39, 0.29) is 0 Å². The molecule has 0 N–H and O–H groups in total. The van der Waals surface area contributed by atoms with Gasteiger partial charge in [-0.25, -0.2) is 0 Å². The molecule has 0 spiro atoms. The van der Waals surface area contributed by atoms with Gasteiger partial charge in [-0.2, -0.15) is 0 Å². The van der Waals surface area contributed by atoms with Crippen molar-refractivity contribution in [2.24, 2.45) is 0 Å². The smallest absolute Gasteiger partial charge is 0.300 e. The summed E-state index contributed by atoms with van der Waals surface area (Å²) >= 11 is 0. The number of hydrogen-bond donors (Lipinski definition) is 0. The van der Waals surface area contributed by atoms with Gasteiger partial charge in [0.2, 0.25) is 5.82 Å². The summed E-state index contributed by atoms with van der Waals surface area (Å²) in [4.78, 5) is 0. The zero-order valence-electron chi connectivity index (χ0n) is 9.55. The summed E-state index contributed by atoms with van der Waals surface area (Å²) in [6, 6.07) is 0. The minimum atomic E-state index is 0.542. The van der Waals surface area contributed by atoms with E-state index < -0.39 is 0 Å². The van der Waals surface area contributed by atoms with Gasteiger partial charge in [0, 0.05) is 6.92 Å². The molecule has 0 amide bonds. The number of hydrogen-bond acceptors (Lipinski definition) is 0. The highest BCUT2D eigenvalue weighted by atomic mass is 15.1. The van der Waals surface area contributed by atoms with Crippen LogP contribution in [0.4, 0.5) is 0 Å². The molecule has 4 heteroatoms. The zero-order valence-corrected chi connectivity index (χ0v) is 9.55. The first kappa shape index (κ1) is 10.4. The first-order valence-corrected chi connectivity index (χ1v) is 4.89. The van der Waals surface area contributed by atoms with Crippen LogP contribution in [0, 0.1) is 20.8 Å². The largest absolute Gasteiger partial charge is 0.394 e. The van der Waals surface area contributed by atoms with Crippen LogP contribution < -0.4 is 4.48 Å². The Balaban J connectivity index is 3.36. The van der Waals surface area contributed by atoms with Gasteiger partial charge in [-0.05, 0) is 34.3 Å². The molecule has 1 aromatic rings. The van der Waals surface area contributed by atoms with Gasteiger partial charge in [-0.1, -0.05) is 0 Å². The van der Waals surface area contributed by atoms with Crippen LogP contribution in [0.1, 0.15) is 17.2 Å². The molecular formula is C9H18B2N2+. The van der Waals surface area contributed by atoms with Crippen LogP contribution in [0.3, 0.4) is 0 Å². The Hall–Kier alpha value is -0.660. The van der Waals surface area contributed by atoms with Crippen LogP contribution in [0.25, 0.3) is 0 Å². The second kappa shape index (κ2) is 3.60. The molecule has 2 nitrogen and oxygen atoms in total. The van der Waals surface area contributed by atoms with Crippen LogP contribution in [0.5, 0.6) is 0 Å². The predicted molar refractivity (Wildman–Crippen MR) is 58.7 cm³/mol. The molecule has 0 aromatic carbocycles. The minimum absolute atomic E-state index is 0.542. The summed E-state index contributed by atoms with van der Waals surface area (Å²) in [7, 11) is 2.12. The summed E-state index contributed by atoms with van der Waals surface area (Å²) in [5.74, 6) is 1.31. The Morgan fingerprint density at radius 2 is 1.77 bits per heavy atom. The molecule has 0 aliphatic heterocycles. The fraction of sp³-hybridized carbons (Fsp3) is 0.667. The summed E-state index contributed by atoms with van der Waals surface area (Å²) in [5, 5.41) is 0. The summed E-state index contributed by atoms with van der Waals surface area (Å²) in [6.45, 7) is 13.6. The SMILES string of the molecule is C[B][n+]1c(C)c(C)n(B(C)C)c1C. The van der Waals surface area contributed by atoms with Gasteiger partial charge in [0.25, 0.3) is 0 Å². The molecule has 0 atom stereocenters. The Morgan fingerprint density at radius 1 is 1.23 bits per heavy atom. The van der Waals surface area contributed by atoms with Gasteiger partial charge in [0.1, 0.15) is 11.4 Å². The fourth-order valence-electron chi connectivity index (χ4n) is 2.09. The van der Waals surface area contributed by atoms with Crippen molar-refractivity contribution in [2.75, 3.05) is 0 Å². The van der Waals surface area contributed by atoms with Crippen molar-refractivity contribution >= 4 is 14.3 Å². The fourth-order valence-corrected chi connectivity index (χ4v) is 2.09. The molecule has 0 saturated heterocycles. The van der Waals surface area contributed by atoms with Crippen LogP contribution in [-0.4, -0.2) is 18.7 Å². The second-order valence-electron chi connectivity index (χ2n) is 3.81. The van der Waals surface area contributed by atoms with Crippen molar-refractivity contribution < 1.29 is 4.48 Å². The number of rotatable bonds is 2. The first-order valence-electron chi connectivity index (χ1n) is 4.89. The highest BCUT2D eigenvalue weighted by Gasteiger charge is 2.24. The quantitative estimate of drug-likeness (QED) is 0.600. The van der Waals surface area contributed by atoms with Gasteiger partial charge < -0.3 is 0 Å². The van der Waals surface area contributed by atoms with Crippen molar-refractivity contribution in [3.8, 4) is 0 Å². The molecule has 0 bridgehead atoms. The molecule has 0 unspecified atom stereocenters. The molecule has 1 aromatic heterocycles. The van der Waals surface area contributed by atoms with E-state index in [4.69, 9.17) is 0 Å². The van der Waals surface area contributed by atoms with Gasteiger partial charge in [0.05, 0.1) is 0 Å². The van der Waals surface area contributed by atoms with Crippen LogP contribution in [0.2, 0.25) is 20.5 Å². The van der Waals surface area contributed by atoms with Crippen molar-refractivity contribution in [1.82, 2.24) is 4.48 Å². The van der Waals surface area contributed by atoms with E-state index in [9.17, 15) is 0 Å². The topological polar surface area (TPSA) is 8.81 Å². The minimum Gasteiger partial charge on any atom is -0.300 e. The third kappa shape index (κ3) is 1.54. The van der Waals surface area contributed by atoms with Gasteiger partial charge in [0.15, 0.2) is 0 Å². The lowest BCUT2D eigenvalue weighted by molar-refractivity contribution is -0.543. The summed E-state index contributed by atoms with van der Waals surface area (Å²) < 4.78 is 4.62. The van der Waals surface area contributed by atoms with Gasteiger partial charge in [-0.15, -0.1) is 0 Å². The van der Waals surface area contributed by atoms with Crippen molar-refractivity contribution in [1.29, 1.82) is 0 Å². The van der Waals surface area contributed by atoms with Gasteiger partial charge >= 0.3 is 14.3 Å². The molecule has 0 aliphatic rings. The molecular weight excluding hydrogens is 158 g/mol. The average molecular weight is 176 g/mol. The van der Waals surface area contributed by atoms with Crippen LogP contribution >= 0.6 is 0 Å². The predicted octanol–water partition coefficient (Wildman–Crippen LogP) is 1.32. The molecule has 69 valence electrons. The molecule has 1 heterocycles. The summed E-state index contributed by atoms with van der Waals surface area (Å²) in [6.07, 6.45) is 0. The Kier molecular flexibility index (Phi) is 2.89. The average Bonchev–Trinajstić information content (AvgIpc) is 2.24. The molecule has 0 fully saturated rings.